The summed E-state index contributed by atoms with van der Waals surface area (Å²) in [4.78, 5) is 24.6. The van der Waals surface area contributed by atoms with Crippen molar-refractivity contribution in [3.63, 3.8) is 0 Å². The van der Waals surface area contributed by atoms with Crippen molar-refractivity contribution in [2.75, 3.05) is 13.2 Å². The van der Waals surface area contributed by atoms with Gasteiger partial charge in [0.05, 0.1) is 6.61 Å². The third kappa shape index (κ3) is 64.4. The van der Waals surface area contributed by atoms with Crippen LogP contribution < -0.4 is 0 Å². The lowest BCUT2D eigenvalue weighted by atomic mass is 10.0. The molecule has 0 heterocycles. The van der Waals surface area contributed by atoms with Crippen molar-refractivity contribution in [3.05, 3.63) is 48.6 Å². The Bertz CT molecular complexity index is 1250. The highest BCUT2D eigenvalue weighted by Gasteiger charge is 2.16. The van der Waals surface area contributed by atoms with Gasteiger partial charge in [0.25, 0.3) is 0 Å². The third-order valence-corrected chi connectivity index (χ3v) is 15.6. The number of unbranched alkanes of at least 4 members (excludes halogenated alkanes) is 48. The van der Waals surface area contributed by atoms with Crippen LogP contribution in [0.4, 0.5) is 0 Å². The summed E-state index contributed by atoms with van der Waals surface area (Å²) in [6.07, 6.45) is 90.0. The van der Waals surface area contributed by atoms with Gasteiger partial charge in [-0.2, -0.15) is 0 Å². The monoisotopic (exact) mass is 1070 g/mol. The molecule has 0 bridgehead atoms. The van der Waals surface area contributed by atoms with E-state index in [1.54, 1.807) is 0 Å². The molecule has 0 aliphatic heterocycles. The Morgan fingerprint density at radius 1 is 0.303 bits per heavy atom. The third-order valence-electron chi connectivity index (χ3n) is 15.6. The number of carbonyl (C=O) groups excluding carboxylic acids is 2. The lowest BCUT2D eigenvalue weighted by molar-refractivity contribution is -0.161. The molecule has 0 rings (SSSR count). The number of esters is 2. The van der Waals surface area contributed by atoms with Crippen molar-refractivity contribution in [2.24, 2.45) is 0 Å². The van der Waals surface area contributed by atoms with Gasteiger partial charge in [0.2, 0.25) is 0 Å². The fraction of sp³-hybridized carbons (Fsp3) is 0.859. The number of carbonyl (C=O) groups is 2. The van der Waals surface area contributed by atoms with Crippen LogP contribution >= 0.6 is 0 Å². The Balaban J connectivity index is 3.38. The molecule has 0 aliphatic rings. The molecule has 0 spiro atoms. The number of ether oxygens (including phenoxy) is 2. The summed E-state index contributed by atoms with van der Waals surface area (Å²) in [5.41, 5.74) is 0. The van der Waals surface area contributed by atoms with Crippen LogP contribution in [0.15, 0.2) is 48.6 Å². The van der Waals surface area contributed by atoms with E-state index in [0.29, 0.717) is 12.8 Å². The second kappa shape index (κ2) is 67.1. The van der Waals surface area contributed by atoms with Gasteiger partial charge in [-0.05, 0) is 77.0 Å². The quantitative estimate of drug-likeness (QED) is 0.0373. The van der Waals surface area contributed by atoms with E-state index in [1.165, 1.54) is 295 Å². The van der Waals surface area contributed by atoms with E-state index in [4.69, 9.17) is 9.47 Å². The van der Waals surface area contributed by atoms with Crippen LogP contribution in [-0.2, 0) is 19.1 Å². The molecule has 0 aromatic heterocycles. The van der Waals surface area contributed by atoms with E-state index in [2.05, 4.69) is 62.5 Å². The molecular formula is C71H132O5. The van der Waals surface area contributed by atoms with Crippen LogP contribution in [0.2, 0.25) is 0 Å². The molecule has 446 valence electrons. The Labute approximate surface area is 475 Å². The molecule has 0 saturated carbocycles. The molecule has 0 amide bonds. The van der Waals surface area contributed by atoms with Crippen molar-refractivity contribution < 1.29 is 24.2 Å². The lowest BCUT2D eigenvalue weighted by Crippen LogP contribution is -2.28. The SMILES string of the molecule is CCCCCCC/C=C\C/C=C\CCCCCCCCCCCCCCCCCCCCCCCCCCCCCC(=O)OC(CO)COC(=O)CCCCCCCCCCCCC/C=C\C/C=C\CCCCCCC. The summed E-state index contributed by atoms with van der Waals surface area (Å²) in [7, 11) is 0. The molecule has 5 nitrogen and oxygen atoms in total. The maximum Gasteiger partial charge on any atom is 0.306 e. The summed E-state index contributed by atoms with van der Waals surface area (Å²) in [5, 5.41) is 9.69. The Morgan fingerprint density at radius 2 is 0.526 bits per heavy atom. The van der Waals surface area contributed by atoms with Crippen molar-refractivity contribution in [3.8, 4) is 0 Å². The van der Waals surface area contributed by atoms with Gasteiger partial charge in [-0.1, -0.05) is 332 Å². The standard InChI is InChI=1S/C71H132O5/c1-3-5-7-9-11-13-15-17-19-21-23-25-27-28-29-30-31-32-33-34-35-36-37-38-39-40-41-42-44-46-48-50-52-54-56-58-60-62-64-66-71(74)76-69(67-72)68-75-70(73)65-63-61-59-57-55-53-51-49-47-45-43-26-24-22-20-18-16-14-12-10-8-6-4-2/h15-18,21-24,69,72H,3-14,19-20,25-68H2,1-2H3/b17-15-,18-16-,23-21-,24-22-. The van der Waals surface area contributed by atoms with Crippen LogP contribution in [0.3, 0.4) is 0 Å². The van der Waals surface area contributed by atoms with Gasteiger partial charge >= 0.3 is 11.9 Å². The minimum atomic E-state index is -0.772. The zero-order valence-corrected chi connectivity index (χ0v) is 51.3. The summed E-state index contributed by atoms with van der Waals surface area (Å²) in [6, 6.07) is 0. The van der Waals surface area contributed by atoms with Gasteiger partial charge in [0.15, 0.2) is 6.10 Å². The minimum absolute atomic E-state index is 0.0626. The molecular weight excluding hydrogens is 933 g/mol. The zero-order valence-electron chi connectivity index (χ0n) is 51.3. The average molecular weight is 1070 g/mol. The number of hydrogen-bond donors (Lipinski definition) is 1. The van der Waals surface area contributed by atoms with Crippen LogP contribution in [0, 0.1) is 0 Å². The lowest BCUT2D eigenvalue weighted by Gasteiger charge is -2.15. The summed E-state index contributed by atoms with van der Waals surface area (Å²) >= 11 is 0. The van der Waals surface area contributed by atoms with Gasteiger partial charge in [0, 0.05) is 12.8 Å². The largest absolute Gasteiger partial charge is 0.462 e. The van der Waals surface area contributed by atoms with E-state index < -0.39 is 6.10 Å². The van der Waals surface area contributed by atoms with E-state index in [-0.39, 0.29) is 25.2 Å². The number of aliphatic hydroxyl groups excluding tert-OH is 1. The van der Waals surface area contributed by atoms with Crippen molar-refractivity contribution in [1.82, 2.24) is 0 Å². The highest BCUT2D eigenvalue weighted by Crippen LogP contribution is 2.18. The van der Waals surface area contributed by atoms with Gasteiger partial charge in [-0.15, -0.1) is 0 Å². The molecule has 1 unspecified atom stereocenters. The number of aliphatic hydroxyl groups is 1. The van der Waals surface area contributed by atoms with Crippen LogP contribution in [0.5, 0.6) is 0 Å². The average Bonchev–Trinajstić information content (AvgIpc) is 3.42. The Kier molecular flexibility index (Phi) is 65.2. The van der Waals surface area contributed by atoms with E-state index in [1.807, 2.05) is 0 Å². The fourth-order valence-corrected chi connectivity index (χ4v) is 10.4. The van der Waals surface area contributed by atoms with Gasteiger partial charge in [0.1, 0.15) is 6.61 Å². The number of allylic oxidation sites excluding steroid dienone is 8. The zero-order chi connectivity index (χ0) is 54.8. The Morgan fingerprint density at radius 3 is 0.776 bits per heavy atom. The first kappa shape index (κ1) is 73.9. The normalized spacial score (nSPS) is 12.4. The first-order chi connectivity index (χ1) is 37.6. The molecule has 1 N–H and O–H groups in total. The maximum absolute atomic E-state index is 12.4. The molecule has 0 aromatic carbocycles. The summed E-state index contributed by atoms with van der Waals surface area (Å²) < 4.78 is 10.7. The van der Waals surface area contributed by atoms with Gasteiger partial charge in [-0.3, -0.25) is 9.59 Å². The first-order valence-corrected chi connectivity index (χ1v) is 34.2. The number of hydrogen-bond acceptors (Lipinski definition) is 5. The second-order valence-corrected chi connectivity index (χ2v) is 23.3. The molecule has 0 aromatic rings. The molecule has 5 heteroatoms. The van der Waals surface area contributed by atoms with Crippen molar-refractivity contribution in [2.45, 2.75) is 380 Å². The Hall–Kier alpha value is -2.14. The molecule has 0 radical (unpaired) electrons. The molecule has 0 aliphatic carbocycles. The van der Waals surface area contributed by atoms with Crippen LogP contribution in [0.25, 0.3) is 0 Å². The minimum Gasteiger partial charge on any atom is -0.462 e. The molecule has 0 fully saturated rings. The topological polar surface area (TPSA) is 72.8 Å². The van der Waals surface area contributed by atoms with E-state index in [0.717, 1.165) is 51.4 Å². The summed E-state index contributed by atoms with van der Waals surface area (Å²) in [5.74, 6) is -0.573. The molecule has 1 atom stereocenters. The fourth-order valence-electron chi connectivity index (χ4n) is 10.4. The molecule has 0 saturated heterocycles. The predicted molar refractivity (Wildman–Crippen MR) is 334 cm³/mol. The number of rotatable bonds is 64. The van der Waals surface area contributed by atoms with Crippen LogP contribution in [-0.4, -0.2) is 36.4 Å². The maximum atomic E-state index is 12.4. The van der Waals surface area contributed by atoms with Crippen LogP contribution in [0.1, 0.15) is 373 Å². The van der Waals surface area contributed by atoms with Gasteiger partial charge < -0.3 is 14.6 Å². The second-order valence-electron chi connectivity index (χ2n) is 23.3. The summed E-state index contributed by atoms with van der Waals surface area (Å²) in [6.45, 7) is 4.17. The van der Waals surface area contributed by atoms with Crippen molar-refractivity contribution >= 4 is 11.9 Å². The van der Waals surface area contributed by atoms with E-state index >= 15 is 0 Å². The smallest absolute Gasteiger partial charge is 0.306 e. The predicted octanol–water partition coefficient (Wildman–Crippen LogP) is 23.5. The van der Waals surface area contributed by atoms with Crippen molar-refractivity contribution in [1.29, 1.82) is 0 Å². The van der Waals surface area contributed by atoms with Gasteiger partial charge in [-0.25, -0.2) is 0 Å². The molecule has 76 heavy (non-hydrogen) atoms. The van der Waals surface area contributed by atoms with E-state index in [9.17, 15) is 14.7 Å². The first-order valence-electron chi connectivity index (χ1n) is 34.2. The highest BCUT2D eigenvalue weighted by molar-refractivity contribution is 5.70. The highest BCUT2D eigenvalue weighted by atomic mass is 16.6.